The molecular weight excluding hydrogens is 332 g/mol. The Labute approximate surface area is 151 Å². The number of anilines is 1. The molecule has 0 unspecified atom stereocenters. The molecule has 2 aromatic rings. The molecule has 1 heterocycles. The SMILES string of the molecule is N#Cc1ccc(N2CCC(NC(=O)c3ccccc3)CC2)c([N+](=O)[O-])c1. The van der Waals surface area contributed by atoms with Gasteiger partial charge in [-0.25, -0.2) is 0 Å². The lowest BCUT2D eigenvalue weighted by Crippen LogP contribution is -2.44. The van der Waals surface area contributed by atoms with E-state index in [1.165, 1.54) is 6.07 Å². The van der Waals surface area contributed by atoms with Crippen molar-refractivity contribution in [3.63, 3.8) is 0 Å². The van der Waals surface area contributed by atoms with Crippen LogP contribution >= 0.6 is 0 Å². The van der Waals surface area contributed by atoms with Crippen LogP contribution in [0.4, 0.5) is 11.4 Å². The molecule has 132 valence electrons. The normalized spacial score (nSPS) is 14.5. The summed E-state index contributed by atoms with van der Waals surface area (Å²) in [6.45, 7) is 1.21. The molecule has 1 N–H and O–H groups in total. The van der Waals surface area contributed by atoms with E-state index in [-0.39, 0.29) is 23.2 Å². The number of hydrogen-bond acceptors (Lipinski definition) is 5. The van der Waals surface area contributed by atoms with Crippen LogP contribution < -0.4 is 10.2 Å². The zero-order valence-electron chi connectivity index (χ0n) is 14.1. The number of nitro groups is 1. The summed E-state index contributed by atoms with van der Waals surface area (Å²) in [5.74, 6) is -0.103. The summed E-state index contributed by atoms with van der Waals surface area (Å²) in [6.07, 6.45) is 1.41. The van der Waals surface area contributed by atoms with Crippen molar-refractivity contribution < 1.29 is 9.72 Å². The lowest BCUT2D eigenvalue weighted by Gasteiger charge is -2.33. The molecule has 3 rings (SSSR count). The highest BCUT2D eigenvalue weighted by Crippen LogP contribution is 2.31. The van der Waals surface area contributed by atoms with Crippen LogP contribution in [-0.2, 0) is 0 Å². The Morgan fingerprint density at radius 3 is 2.50 bits per heavy atom. The van der Waals surface area contributed by atoms with Crippen molar-refractivity contribution in [2.45, 2.75) is 18.9 Å². The Kier molecular flexibility index (Phi) is 5.13. The second-order valence-electron chi connectivity index (χ2n) is 6.17. The molecule has 0 aliphatic carbocycles. The van der Waals surface area contributed by atoms with E-state index in [1.54, 1.807) is 24.3 Å². The number of hydrogen-bond donors (Lipinski definition) is 1. The van der Waals surface area contributed by atoms with Crippen molar-refractivity contribution in [3.8, 4) is 6.07 Å². The van der Waals surface area contributed by atoms with Gasteiger partial charge in [-0.15, -0.1) is 0 Å². The Balaban J connectivity index is 1.65. The molecule has 1 amide bonds. The number of amides is 1. The van der Waals surface area contributed by atoms with Gasteiger partial charge < -0.3 is 10.2 Å². The maximum atomic E-state index is 12.2. The highest BCUT2D eigenvalue weighted by Gasteiger charge is 2.26. The molecular formula is C19H18N4O3. The van der Waals surface area contributed by atoms with Crippen LogP contribution in [0.15, 0.2) is 48.5 Å². The fraction of sp³-hybridized carbons (Fsp3) is 0.263. The summed E-state index contributed by atoms with van der Waals surface area (Å²) in [6, 6.07) is 15.5. The van der Waals surface area contributed by atoms with E-state index < -0.39 is 4.92 Å². The Morgan fingerprint density at radius 1 is 1.19 bits per heavy atom. The summed E-state index contributed by atoms with van der Waals surface area (Å²) in [4.78, 5) is 25.0. The lowest BCUT2D eigenvalue weighted by molar-refractivity contribution is -0.384. The van der Waals surface area contributed by atoms with Gasteiger partial charge in [0.25, 0.3) is 11.6 Å². The van der Waals surface area contributed by atoms with Gasteiger partial charge in [-0.2, -0.15) is 5.26 Å². The van der Waals surface area contributed by atoms with E-state index in [1.807, 2.05) is 29.2 Å². The average molecular weight is 350 g/mol. The number of nitriles is 1. The smallest absolute Gasteiger partial charge is 0.293 e. The molecule has 0 saturated carbocycles. The fourth-order valence-electron chi connectivity index (χ4n) is 3.13. The number of piperidine rings is 1. The minimum absolute atomic E-state index is 0.0383. The number of carbonyl (C=O) groups is 1. The predicted molar refractivity (Wildman–Crippen MR) is 97.0 cm³/mol. The number of nitrogens with zero attached hydrogens (tertiary/aromatic N) is 3. The Morgan fingerprint density at radius 2 is 1.88 bits per heavy atom. The van der Waals surface area contributed by atoms with E-state index in [2.05, 4.69) is 5.32 Å². The van der Waals surface area contributed by atoms with Crippen LogP contribution in [0.1, 0.15) is 28.8 Å². The number of carbonyl (C=O) groups excluding carboxylic acids is 1. The van der Waals surface area contributed by atoms with Gasteiger partial charge in [0.15, 0.2) is 0 Å². The quantitative estimate of drug-likeness (QED) is 0.675. The number of benzene rings is 2. The maximum absolute atomic E-state index is 12.2. The minimum Gasteiger partial charge on any atom is -0.366 e. The van der Waals surface area contributed by atoms with Crippen molar-refractivity contribution in [3.05, 3.63) is 69.8 Å². The highest BCUT2D eigenvalue weighted by molar-refractivity contribution is 5.94. The van der Waals surface area contributed by atoms with Gasteiger partial charge in [-0.05, 0) is 37.1 Å². The molecule has 1 saturated heterocycles. The third-order valence-corrected chi connectivity index (χ3v) is 4.51. The van der Waals surface area contributed by atoms with Crippen LogP contribution in [0.25, 0.3) is 0 Å². The van der Waals surface area contributed by atoms with Crippen LogP contribution in [0.3, 0.4) is 0 Å². The first-order valence-electron chi connectivity index (χ1n) is 8.38. The molecule has 0 aromatic heterocycles. The van der Waals surface area contributed by atoms with Gasteiger partial charge in [0.05, 0.1) is 16.6 Å². The van der Waals surface area contributed by atoms with E-state index in [4.69, 9.17) is 5.26 Å². The molecule has 7 heteroatoms. The van der Waals surface area contributed by atoms with E-state index in [0.29, 0.717) is 37.2 Å². The largest absolute Gasteiger partial charge is 0.366 e. The van der Waals surface area contributed by atoms with Crippen LogP contribution in [0.2, 0.25) is 0 Å². The summed E-state index contributed by atoms with van der Waals surface area (Å²) in [5, 5.41) is 23.3. The van der Waals surface area contributed by atoms with Crippen molar-refractivity contribution in [2.75, 3.05) is 18.0 Å². The van der Waals surface area contributed by atoms with E-state index in [0.717, 1.165) is 0 Å². The summed E-state index contributed by atoms with van der Waals surface area (Å²) in [7, 11) is 0. The topological polar surface area (TPSA) is 99.3 Å². The molecule has 2 aromatic carbocycles. The molecule has 1 aliphatic heterocycles. The molecule has 0 spiro atoms. The zero-order chi connectivity index (χ0) is 18.5. The monoisotopic (exact) mass is 350 g/mol. The number of rotatable bonds is 4. The third-order valence-electron chi connectivity index (χ3n) is 4.51. The van der Waals surface area contributed by atoms with Crippen molar-refractivity contribution in [1.82, 2.24) is 5.32 Å². The third kappa shape index (κ3) is 3.81. The predicted octanol–water partition coefficient (Wildman–Crippen LogP) is 2.87. The van der Waals surface area contributed by atoms with Gasteiger partial charge in [-0.3, -0.25) is 14.9 Å². The Hall–Kier alpha value is -3.40. The highest BCUT2D eigenvalue weighted by atomic mass is 16.6. The number of nitrogens with one attached hydrogen (secondary N) is 1. The summed E-state index contributed by atoms with van der Waals surface area (Å²) in [5.41, 5.74) is 1.35. The first-order valence-corrected chi connectivity index (χ1v) is 8.38. The fourth-order valence-corrected chi connectivity index (χ4v) is 3.13. The zero-order valence-corrected chi connectivity index (χ0v) is 14.1. The second kappa shape index (κ2) is 7.66. The van der Waals surface area contributed by atoms with Crippen LogP contribution in [0, 0.1) is 21.4 Å². The second-order valence-corrected chi connectivity index (χ2v) is 6.17. The van der Waals surface area contributed by atoms with Gasteiger partial charge in [0.1, 0.15) is 5.69 Å². The molecule has 0 bridgehead atoms. The van der Waals surface area contributed by atoms with Crippen LogP contribution in [-0.4, -0.2) is 30.0 Å². The molecule has 0 atom stereocenters. The van der Waals surface area contributed by atoms with Gasteiger partial charge in [0.2, 0.25) is 0 Å². The average Bonchev–Trinajstić information content (AvgIpc) is 2.68. The van der Waals surface area contributed by atoms with Gasteiger partial charge in [-0.1, -0.05) is 18.2 Å². The first-order chi connectivity index (χ1) is 12.6. The first kappa shape index (κ1) is 17.4. The van der Waals surface area contributed by atoms with E-state index in [9.17, 15) is 14.9 Å². The molecule has 0 radical (unpaired) electrons. The Bertz CT molecular complexity index is 853. The minimum atomic E-state index is -0.459. The summed E-state index contributed by atoms with van der Waals surface area (Å²) < 4.78 is 0. The maximum Gasteiger partial charge on any atom is 0.293 e. The molecule has 7 nitrogen and oxygen atoms in total. The van der Waals surface area contributed by atoms with Crippen LogP contribution in [0.5, 0.6) is 0 Å². The molecule has 1 fully saturated rings. The van der Waals surface area contributed by atoms with Crippen molar-refractivity contribution in [1.29, 1.82) is 5.26 Å². The standard InChI is InChI=1S/C19H18N4O3/c20-13-14-6-7-17(18(12-14)23(25)26)22-10-8-16(9-11-22)21-19(24)15-4-2-1-3-5-15/h1-7,12,16H,8-11H2,(H,21,24). The van der Waals surface area contributed by atoms with Gasteiger partial charge >= 0.3 is 0 Å². The lowest BCUT2D eigenvalue weighted by atomic mass is 10.0. The number of nitro benzene ring substituents is 1. The summed E-state index contributed by atoms with van der Waals surface area (Å²) >= 11 is 0. The van der Waals surface area contributed by atoms with Crippen molar-refractivity contribution in [2.24, 2.45) is 0 Å². The van der Waals surface area contributed by atoms with Gasteiger partial charge in [0, 0.05) is 30.8 Å². The molecule has 26 heavy (non-hydrogen) atoms. The van der Waals surface area contributed by atoms with E-state index >= 15 is 0 Å². The molecule has 1 aliphatic rings. The van der Waals surface area contributed by atoms with Crippen molar-refractivity contribution >= 4 is 17.3 Å².